The number of benzene rings is 2. The topological polar surface area (TPSA) is 32.3 Å². The van der Waals surface area contributed by atoms with Crippen molar-refractivity contribution >= 4 is 5.69 Å². The number of nitrogens with one attached hydrogen (secondary N) is 1. The molecular formula is C17H14F3NO. The van der Waals surface area contributed by atoms with Crippen molar-refractivity contribution in [2.45, 2.75) is 11.7 Å². The van der Waals surface area contributed by atoms with Crippen molar-refractivity contribution < 1.29 is 18.3 Å². The summed E-state index contributed by atoms with van der Waals surface area (Å²) in [7, 11) is 0. The van der Waals surface area contributed by atoms with Crippen LogP contribution in [0.15, 0.2) is 54.6 Å². The minimum absolute atomic E-state index is 0.186. The number of alkyl halides is 3. The Morgan fingerprint density at radius 3 is 2.18 bits per heavy atom. The summed E-state index contributed by atoms with van der Waals surface area (Å²) in [4.78, 5) is 0. The fourth-order valence-electron chi connectivity index (χ4n) is 2.11. The van der Waals surface area contributed by atoms with E-state index < -0.39 is 23.9 Å². The molecule has 5 heteroatoms. The van der Waals surface area contributed by atoms with Crippen LogP contribution in [0.5, 0.6) is 0 Å². The molecule has 0 unspecified atom stereocenters. The number of anilines is 1. The summed E-state index contributed by atoms with van der Waals surface area (Å²) in [5.74, 6) is 2.45. The normalized spacial score (nSPS) is 14.0. The Bertz CT molecular complexity index is 676. The lowest BCUT2D eigenvalue weighted by atomic mass is 9.91. The van der Waals surface area contributed by atoms with E-state index in [0.29, 0.717) is 5.56 Å². The molecule has 114 valence electrons. The lowest BCUT2D eigenvalue weighted by Crippen LogP contribution is -2.37. The van der Waals surface area contributed by atoms with E-state index in [-0.39, 0.29) is 5.69 Å². The molecule has 0 aliphatic rings. The van der Waals surface area contributed by atoms with Crippen molar-refractivity contribution in [3.8, 4) is 12.3 Å². The zero-order chi connectivity index (χ0) is 16.2. The van der Waals surface area contributed by atoms with Crippen LogP contribution in [-0.2, 0) is 11.7 Å². The van der Waals surface area contributed by atoms with Crippen LogP contribution in [0, 0.1) is 12.3 Å². The van der Waals surface area contributed by atoms with Crippen LogP contribution >= 0.6 is 0 Å². The van der Waals surface area contributed by atoms with Crippen LogP contribution in [0.4, 0.5) is 18.9 Å². The average molecular weight is 305 g/mol. The quantitative estimate of drug-likeness (QED) is 0.845. The molecule has 1 atom stereocenters. The highest BCUT2D eigenvalue weighted by molar-refractivity contribution is 5.53. The van der Waals surface area contributed by atoms with Crippen LogP contribution in [0.1, 0.15) is 11.1 Å². The summed E-state index contributed by atoms with van der Waals surface area (Å²) in [6, 6.07) is 13.4. The Labute approximate surface area is 126 Å². The average Bonchev–Trinajstić information content (AvgIpc) is 2.53. The minimum atomic E-state index is -4.44. The Morgan fingerprint density at radius 2 is 1.64 bits per heavy atom. The number of halogens is 3. The third-order valence-electron chi connectivity index (χ3n) is 3.30. The first-order chi connectivity index (χ1) is 10.4. The molecule has 0 saturated heterocycles. The highest BCUT2D eigenvalue weighted by Crippen LogP contribution is 2.32. The first-order valence-electron chi connectivity index (χ1n) is 6.51. The van der Waals surface area contributed by atoms with Gasteiger partial charge < -0.3 is 10.4 Å². The van der Waals surface area contributed by atoms with Gasteiger partial charge in [-0.1, -0.05) is 42.3 Å². The second kappa shape index (κ2) is 6.12. The first-order valence-corrected chi connectivity index (χ1v) is 6.51. The largest absolute Gasteiger partial charge is 0.416 e. The maximum absolute atomic E-state index is 12.8. The number of hydrogen-bond acceptors (Lipinski definition) is 2. The van der Waals surface area contributed by atoms with E-state index in [9.17, 15) is 18.3 Å². The fourth-order valence-corrected chi connectivity index (χ4v) is 2.11. The molecule has 22 heavy (non-hydrogen) atoms. The summed E-state index contributed by atoms with van der Waals surface area (Å²) >= 11 is 0. The number of rotatable bonds is 4. The van der Waals surface area contributed by atoms with Crippen molar-refractivity contribution in [3.63, 3.8) is 0 Å². The molecule has 0 fully saturated rings. The molecule has 0 aliphatic heterocycles. The van der Waals surface area contributed by atoms with Crippen LogP contribution in [-0.4, -0.2) is 11.7 Å². The van der Waals surface area contributed by atoms with Gasteiger partial charge in [-0.3, -0.25) is 0 Å². The molecule has 0 aliphatic carbocycles. The molecule has 0 heterocycles. The molecule has 2 rings (SSSR count). The van der Waals surface area contributed by atoms with Crippen molar-refractivity contribution in [2.75, 3.05) is 11.9 Å². The van der Waals surface area contributed by atoms with Crippen LogP contribution in [0.3, 0.4) is 0 Å². The third kappa shape index (κ3) is 3.23. The van der Waals surface area contributed by atoms with Crippen LogP contribution < -0.4 is 5.32 Å². The predicted octanol–water partition coefficient (Wildman–Crippen LogP) is 3.64. The highest BCUT2D eigenvalue weighted by Gasteiger charge is 2.32. The summed E-state index contributed by atoms with van der Waals surface area (Å²) in [6.07, 6.45) is 1.09. The molecule has 2 nitrogen and oxygen atoms in total. The molecule has 0 aromatic heterocycles. The Morgan fingerprint density at radius 1 is 1.00 bits per heavy atom. The van der Waals surface area contributed by atoms with Crippen molar-refractivity contribution in [3.05, 3.63) is 65.7 Å². The first kappa shape index (κ1) is 15.9. The molecule has 2 N–H and O–H groups in total. The lowest BCUT2D eigenvalue weighted by molar-refractivity contribution is -0.137. The van der Waals surface area contributed by atoms with Gasteiger partial charge in [-0.2, -0.15) is 13.2 Å². The monoisotopic (exact) mass is 305 g/mol. The van der Waals surface area contributed by atoms with Gasteiger partial charge in [0.05, 0.1) is 12.2 Å². The standard InChI is InChI=1S/C17H14F3NO/c1-2-16(12-22,13-7-4-3-5-8-13)21-15-10-6-9-14(11-15)17(18,19)20/h1,3-11,21-22H,12H2/t16-/m0/s1. The van der Waals surface area contributed by atoms with Gasteiger partial charge in [0.2, 0.25) is 0 Å². The Balaban J connectivity index is 2.40. The van der Waals surface area contributed by atoms with Gasteiger partial charge in [0, 0.05) is 5.69 Å². The summed E-state index contributed by atoms with van der Waals surface area (Å²) in [5, 5.41) is 12.5. The van der Waals surface area contributed by atoms with E-state index in [1.165, 1.54) is 12.1 Å². The molecule has 0 spiro atoms. The SMILES string of the molecule is C#C[C@@](CO)(Nc1cccc(C(F)(F)F)c1)c1ccccc1. The maximum Gasteiger partial charge on any atom is 0.416 e. The van der Waals surface area contributed by atoms with Gasteiger partial charge in [-0.05, 0) is 23.8 Å². The van der Waals surface area contributed by atoms with Gasteiger partial charge in [0.15, 0.2) is 0 Å². The number of aliphatic hydroxyl groups is 1. The van der Waals surface area contributed by atoms with E-state index in [1.807, 2.05) is 0 Å². The van der Waals surface area contributed by atoms with E-state index >= 15 is 0 Å². The van der Waals surface area contributed by atoms with E-state index in [1.54, 1.807) is 30.3 Å². The van der Waals surface area contributed by atoms with E-state index in [4.69, 9.17) is 6.42 Å². The van der Waals surface area contributed by atoms with Crippen LogP contribution in [0.25, 0.3) is 0 Å². The number of terminal acetylenes is 1. The summed E-state index contributed by atoms with van der Waals surface area (Å²) in [6.45, 7) is -0.455. The summed E-state index contributed by atoms with van der Waals surface area (Å²) in [5.41, 5.74) is -1.29. The Hall–Kier alpha value is -2.45. The minimum Gasteiger partial charge on any atom is -0.393 e. The molecule has 0 radical (unpaired) electrons. The third-order valence-corrected chi connectivity index (χ3v) is 3.30. The lowest BCUT2D eigenvalue weighted by Gasteiger charge is -2.29. The fraction of sp³-hybridized carbons (Fsp3) is 0.176. The van der Waals surface area contributed by atoms with Gasteiger partial charge in [-0.25, -0.2) is 0 Å². The maximum atomic E-state index is 12.8. The van der Waals surface area contributed by atoms with Gasteiger partial charge in [-0.15, -0.1) is 6.42 Å². The molecule has 0 bridgehead atoms. The van der Waals surface area contributed by atoms with E-state index in [0.717, 1.165) is 12.1 Å². The van der Waals surface area contributed by atoms with Crippen molar-refractivity contribution in [1.29, 1.82) is 0 Å². The highest BCUT2D eigenvalue weighted by atomic mass is 19.4. The molecule has 0 amide bonds. The second-order valence-corrected chi connectivity index (χ2v) is 4.78. The second-order valence-electron chi connectivity index (χ2n) is 4.78. The zero-order valence-corrected chi connectivity index (χ0v) is 11.6. The van der Waals surface area contributed by atoms with Crippen LogP contribution in [0.2, 0.25) is 0 Å². The van der Waals surface area contributed by atoms with Crippen molar-refractivity contribution in [1.82, 2.24) is 0 Å². The van der Waals surface area contributed by atoms with Gasteiger partial charge in [0.1, 0.15) is 5.54 Å². The zero-order valence-electron chi connectivity index (χ0n) is 11.6. The number of aliphatic hydroxyl groups excluding tert-OH is 1. The summed E-state index contributed by atoms with van der Waals surface area (Å²) < 4.78 is 38.3. The Kier molecular flexibility index (Phi) is 4.43. The van der Waals surface area contributed by atoms with Gasteiger partial charge in [0.25, 0.3) is 0 Å². The predicted molar refractivity (Wildman–Crippen MR) is 79.1 cm³/mol. The van der Waals surface area contributed by atoms with Gasteiger partial charge >= 0.3 is 6.18 Å². The number of hydrogen-bond donors (Lipinski definition) is 2. The smallest absolute Gasteiger partial charge is 0.393 e. The molecule has 0 saturated carbocycles. The molecule has 2 aromatic carbocycles. The molecule has 2 aromatic rings. The molecular weight excluding hydrogens is 291 g/mol. The van der Waals surface area contributed by atoms with Crippen molar-refractivity contribution in [2.24, 2.45) is 0 Å². The van der Waals surface area contributed by atoms with E-state index in [2.05, 4.69) is 11.2 Å².